The maximum absolute atomic E-state index is 13.5. The fraction of sp³-hybridized carbons (Fsp3) is 0.500. The summed E-state index contributed by atoms with van der Waals surface area (Å²) in [4.78, 5) is 25.6. The number of benzene rings is 1. The fourth-order valence-corrected chi connectivity index (χ4v) is 2.49. The molecule has 1 amide bonds. The van der Waals surface area contributed by atoms with Gasteiger partial charge in [0, 0.05) is 18.7 Å². The third-order valence-electron chi connectivity index (χ3n) is 3.82. The number of likely N-dealkylation sites (tertiary alicyclic amines) is 1. The number of aryl methyl sites for hydroxylation is 1. The van der Waals surface area contributed by atoms with Crippen LogP contribution >= 0.6 is 0 Å². The van der Waals surface area contributed by atoms with Crippen molar-refractivity contribution in [2.75, 3.05) is 19.7 Å². The van der Waals surface area contributed by atoms with Crippen molar-refractivity contribution in [3.05, 3.63) is 35.1 Å². The second-order valence-corrected chi connectivity index (χ2v) is 5.28. The number of nitrogens with zero attached hydrogens (tertiary/aromatic N) is 1. The van der Waals surface area contributed by atoms with E-state index < -0.39 is 0 Å². The molecular formula is C16H20FNO3. The number of carbonyl (C=O) groups is 2. The van der Waals surface area contributed by atoms with Gasteiger partial charge >= 0.3 is 5.97 Å². The van der Waals surface area contributed by atoms with Crippen LogP contribution in [0.4, 0.5) is 4.39 Å². The monoisotopic (exact) mass is 293 g/mol. The largest absolute Gasteiger partial charge is 0.466 e. The number of amides is 1. The van der Waals surface area contributed by atoms with E-state index in [1.54, 1.807) is 30.9 Å². The normalized spacial score (nSPS) is 15.9. The van der Waals surface area contributed by atoms with E-state index in [9.17, 15) is 14.0 Å². The van der Waals surface area contributed by atoms with Crippen molar-refractivity contribution >= 4 is 11.9 Å². The molecular weight excluding hydrogens is 273 g/mol. The van der Waals surface area contributed by atoms with Crippen LogP contribution in [0.25, 0.3) is 0 Å². The first-order chi connectivity index (χ1) is 10.0. The molecule has 1 aliphatic rings. The maximum Gasteiger partial charge on any atom is 0.309 e. The Hall–Kier alpha value is -1.91. The molecule has 0 radical (unpaired) electrons. The summed E-state index contributed by atoms with van der Waals surface area (Å²) in [6.45, 7) is 4.81. The van der Waals surface area contributed by atoms with Crippen LogP contribution < -0.4 is 0 Å². The van der Waals surface area contributed by atoms with Crippen molar-refractivity contribution in [3.63, 3.8) is 0 Å². The summed E-state index contributed by atoms with van der Waals surface area (Å²) in [6.07, 6.45) is 1.19. The highest BCUT2D eigenvalue weighted by molar-refractivity contribution is 5.94. The number of carbonyl (C=O) groups excluding carboxylic acids is 2. The Bertz CT molecular complexity index is 536. The molecule has 0 unspecified atom stereocenters. The van der Waals surface area contributed by atoms with E-state index >= 15 is 0 Å². The number of esters is 1. The summed E-state index contributed by atoms with van der Waals surface area (Å²) in [7, 11) is 0. The summed E-state index contributed by atoms with van der Waals surface area (Å²) in [6, 6.07) is 4.52. The lowest BCUT2D eigenvalue weighted by Crippen LogP contribution is -2.40. The predicted molar refractivity (Wildman–Crippen MR) is 76.4 cm³/mol. The molecule has 0 atom stereocenters. The summed E-state index contributed by atoms with van der Waals surface area (Å²) in [5.74, 6) is -0.881. The van der Waals surface area contributed by atoms with Crippen molar-refractivity contribution in [2.45, 2.75) is 26.7 Å². The molecule has 0 saturated carbocycles. The molecule has 4 nitrogen and oxygen atoms in total. The minimum Gasteiger partial charge on any atom is -0.466 e. The Morgan fingerprint density at radius 3 is 2.57 bits per heavy atom. The maximum atomic E-state index is 13.5. The number of ether oxygens (including phenoxy) is 1. The van der Waals surface area contributed by atoms with Crippen LogP contribution in [0.3, 0.4) is 0 Å². The zero-order chi connectivity index (χ0) is 15.4. The van der Waals surface area contributed by atoms with Crippen molar-refractivity contribution in [1.29, 1.82) is 0 Å². The van der Waals surface area contributed by atoms with Gasteiger partial charge in [-0.3, -0.25) is 9.59 Å². The van der Waals surface area contributed by atoms with Crippen molar-refractivity contribution in [1.82, 2.24) is 4.90 Å². The Kier molecular flexibility index (Phi) is 4.94. The van der Waals surface area contributed by atoms with Gasteiger partial charge in [0.15, 0.2) is 0 Å². The van der Waals surface area contributed by atoms with Gasteiger partial charge in [-0.15, -0.1) is 0 Å². The van der Waals surface area contributed by atoms with E-state index in [1.165, 1.54) is 6.07 Å². The van der Waals surface area contributed by atoms with Crippen LogP contribution in [0.5, 0.6) is 0 Å². The molecule has 0 aromatic heterocycles. The van der Waals surface area contributed by atoms with Gasteiger partial charge in [-0.05, 0) is 44.4 Å². The van der Waals surface area contributed by atoms with Gasteiger partial charge in [-0.1, -0.05) is 6.07 Å². The number of piperidine rings is 1. The quantitative estimate of drug-likeness (QED) is 0.805. The Morgan fingerprint density at radius 2 is 2.00 bits per heavy atom. The highest BCUT2D eigenvalue weighted by Gasteiger charge is 2.28. The molecule has 0 aliphatic carbocycles. The highest BCUT2D eigenvalue weighted by Crippen LogP contribution is 2.21. The van der Waals surface area contributed by atoms with E-state index in [0.29, 0.717) is 43.7 Å². The third kappa shape index (κ3) is 3.60. The first-order valence-corrected chi connectivity index (χ1v) is 7.25. The summed E-state index contributed by atoms with van der Waals surface area (Å²) >= 11 is 0. The van der Waals surface area contributed by atoms with Gasteiger partial charge in [0.05, 0.1) is 12.5 Å². The summed E-state index contributed by atoms with van der Waals surface area (Å²) in [5.41, 5.74) is 0.875. The second kappa shape index (κ2) is 6.70. The molecule has 0 N–H and O–H groups in total. The molecule has 1 aliphatic heterocycles. The lowest BCUT2D eigenvalue weighted by molar-refractivity contribution is -0.149. The van der Waals surface area contributed by atoms with Crippen molar-refractivity contribution < 1.29 is 18.7 Å². The average Bonchev–Trinajstić information content (AvgIpc) is 2.50. The smallest absolute Gasteiger partial charge is 0.309 e. The van der Waals surface area contributed by atoms with E-state index in [1.807, 2.05) is 0 Å². The standard InChI is InChI=1S/C16H20FNO3/c1-3-21-16(20)12-6-8-18(9-7-12)15(19)13-5-4-11(2)14(17)10-13/h4-5,10,12H,3,6-9H2,1-2H3. The predicted octanol–water partition coefficient (Wildman–Crippen LogP) is 2.55. The molecule has 1 aromatic rings. The Balaban J connectivity index is 1.97. The van der Waals surface area contributed by atoms with Crippen molar-refractivity contribution in [2.24, 2.45) is 5.92 Å². The molecule has 1 saturated heterocycles. The molecule has 1 heterocycles. The van der Waals surface area contributed by atoms with Gasteiger partial charge in [-0.2, -0.15) is 0 Å². The van der Waals surface area contributed by atoms with Crippen LogP contribution in [0.15, 0.2) is 18.2 Å². The first kappa shape index (κ1) is 15.5. The van der Waals surface area contributed by atoms with E-state index in [4.69, 9.17) is 4.74 Å². The van der Waals surface area contributed by atoms with E-state index in [2.05, 4.69) is 0 Å². The lowest BCUT2D eigenvalue weighted by Gasteiger charge is -2.31. The number of rotatable bonds is 3. The van der Waals surface area contributed by atoms with Gasteiger partial charge in [0.2, 0.25) is 0 Å². The van der Waals surface area contributed by atoms with Crippen molar-refractivity contribution in [3.8, 4) is 0 Å². The van der Waals surface area contributed by atoms with E-state index in [0.717, 1.165) is 0 Å². The minimum absolute atomic E-state index is 0.135. The van der Waals surface area contributed by atoms with Crippen LogP contribution in [-0.2, 0) is 9.53 Å². The van der Waals surface area contributed by atoms with Gasteiger partial charge in [-0.25, -0.2) is 4.39 Å². The minimum atomic E-state index is -0.373. The topological polar surface area (TPSA) is 46.6 Å². The molecule has 114 valence electrons. The zero-order valence-electron chi connectivity index (χ0n) is 12.4. The number of hydrogen-bond donors (Lipinski definition) is 0. The van der Waals surface area contributed by atoms with E-state index in [-0.39, 0.29) is 23.6 Å². The molecule has 1 aromatic carbocycles. The highest BCUT2D eigenvalue weighted by atomic mass is 19.1. The molecule has 5 heteroatoms. The SMILES string of the molecule is CCOC(=O)C1CCN(C(=O)c2ccc(C)c(F)c2)CC1. The second-order valence-electron chi connectivity index (χ2n) is 5.28. The van der Waals surface area contributed by atoms with Crippen LogP contribution in [-0.4, -0.2) is 36.5 Å². The van der Waals surface area contributed by atoms with Crippen LogP contribution in [0.2, 0.25) is 0 Å². The van der Waals surface area contributed by atoms with Gasteiger partial charge < -0.3 is 9.64 Å². The van der Waals surface area contributed by atoms with Gasteiger partial charge in [0.1, 0.15) is 5.82 Å². The van der Waals surface area contributed by atoms with Crippen LogP contribution in [0.1, 0.15) is 35.7 Å². The summed E-state index contributed by atoms with van der Waals surface area (Å²) < 4.78 is 18.5. The lowest BCUT2D eigenvalue weighted by atomic mass is 9.96. The fourth-order valence-electron chi connectivity index (χ4n) is 2.49. The average molecular weight is 293 g/mol. The summed E-state index contributed by atoms with van der Waals surface area (Å²) in [5, 5.41) is 0. The Labute approximate surface area is 123 Å². The Morgan fingerprint density at radius 1 is 1.33 bits per heavy atom. The number of hydrogen-bond acceptors (Lipinski definition) is 3. The number of halogens is 1. The zero-order valence-corrected chi connectivity index (χ0v) is 12.4. The molecule has 21 heavy (non-hydrogen) atoms. The molecule has 0 spiro atoms. The van der Waals surface area contributed by atoms with Crippen LogP contribution in [0, 0.1) is 18.7 Å². The van der Waals surface area contributed by atoms with Gasteiger partial charge in [0.25, 0.3) is 5.91 Å². The molecule has 1 fully saturated rings. The molecule has 2 rings (SSSR count). The first-order valence-electron chi connectivity index (χ1n) is 7.25. The molecule has 0 bridgehead atoms. The third-order valence-corrected chi connectivity index (χ3v) is 3.82.